The molecule has 0 spiro atoms. The minimum absolute atomic E-state index is 0.0931. The van der Waals surface area contributed by atoms with Gasteiger partial charge in [-0.3, -0.25) is 4.79 Å². The first-order valence-corrected chi connectivity index (χ1v) is 10.3. The van der Waals surface area contributed by atoms with E-state index in [0.717, 1.165) is 0 Å². The summed E-state index contributed by atoms with van der Waals surface area (Å²) < 4.78 is 31.4. The molecule has 0 atom stereocenters. The number of hydrogen-bond acceptors (Lipinski definition) is 5. The van der Waals surface area contributed by atoms with Crippen LogP contribution in [0, 0.1) is 0 Å². The second-order valence-corrected chi connectivity index (χ2v) is 8.74. The largest absolute Gasteiger partial charge is 0.453 e. The van der Waals surface area contributed by atoms with E-state index < -0.39 is 16.1 Å². The molecule has 0 saturated carbocycles. The predicted octanol–water partition coefficient (Wildman–Crippen LogP) is 1.63. The van der Waals surface area contributed by atoms with Gasteiger partial charge in [-0.1, -0.05) is 6.07 Å². The van der Waals surface area contributed by atoms with E-state index in [9.17, 15) is 18.0 Å². The molecule has 2 amide bonds. The lowest BCUT2D eigenvalue weighted by Gasteiger charge is -2.23. The fraction of sp³-hybridized carbons (Fsp3) is 0.556. The summed E-state index contributed by atoms with van der Waals surface area (Å²) in [5.74, 6) is -0.244. The second-order valence-electron chi connectivity index (χ2n) is 6.75. The number of hydrogen-bond donors (Lipinski definition) is 0. The molecule has 8 nitrogen and oxygen atoms in total. The van der Waals surface area contributed by atoms with E-state index in [0.29, 0.717) is 38.2 Å². The first kappa shape index (κ1) is 21.2. The average molecular weight is 397 g/mol. The number of benzene rings is 1. The zero-order chi connectivity index (χ0) is 20.2. The summed E-state index contributed by atoms with van der Waals surface area (Å²) in [6.07, 6.45) is 0.226. The Balaban J connectivity index is 2.19. The number of ether oxygens (including phenoxy) is 1. The lowest BCUT2D eigenvalue weighted by Crippen LogP contribution is -2.37. The molecule has 150 valence electrons. The number of carbonyl (C=O) groups is 2. The molecule has 2 rings (SSSR count). The van der Waals surface area contributed by atoms with Crippen LogP contribution < -0.4 is 0 Å². The molecule has 0 aliphatic carbocycles. The van der Waals surface area contributed by atoms with Crippen LogP contribution >= 0.6 is 0 Å². The van der Waals surface area contributed by atoms with E-state index in [4.69, 9.17) is 4.74 Å². The number of sulfonamides is 1. The minimum atomic E-state index is -3.66. The van der Waals surface area contributed by atoms with Crippen molar-refractivity contribution in [3.8, 4) is 0 Å². The molecule has 0 bridgehead atoms. The third kappa shape index (κ3) is 4.78. The third-order valence-electron chi connectivity index (χ3n) is 4.70. The summed E-state index contributed by atoms with van der Waals surface area (Å²) in [4.78, 5) is 27.8. The van der Waals surface area contributed by atoms with Crippen molar-refractivity contribution in [2.45, 2.75) is 31.2 Å². The smallest absolute Gasteiger partial charge is 0.409 e. The van der Waals surface area contributed by atoms with Crippen molar-refractivity contribution < 1.29 is 22.7 Å². The summed E-state index contributed by atoms with van der Waals surface area (Å²) in [5, 5.41) is 0. The minimum Gasteiger partial charge on any atom is -0.453 e. The summed E-state index contributed by atoms with van der Waals surface area (Å²) in [6.45, 7) is 5.34. The van der Waals surface area contributed by atoms with Crippen molar-refractivity contribution in [2.24, 2.45) is 0 Å². The van der Waals surface area contributed by atoms with Crippen LogP contribution in [0.4, 0.5) is 4.79 Å². The normalized spacial score (nSPS) is 15.8. The van der Waals surface area contributed by atoms with Crippen LogP contribution in [0.3, 0.4) is 0 Å². The number of nitrogens with zero attached hydrogens (tertiary/aromatic N) is 3. The van der Waals surface area contributed by atoms with Crippen LogP contribution in [-0.4, -0.2) is 80.9 Å². The van der Waals surface area contributed by atoms with Crippen LogP contribution in [0.15, 0.2) is 29.2 Å². The van der Waals surface area contributed by atoms with Gasteiger partial charge in [0.2, 0.25) is 10.0 Å². The Hall–Kier alpha value is -2.13. The fourth-order valence-electron chi connectivity index (χ4n) is 2.85. The highest BCUT2D eigenvalue weighted by molar-refractivity contribution is 7.89. The van der Waals surface area contributed by atoms with Crippen molar-refractivity contribution >= 4 is 22.0 Å². The molecule has 1 aliphatic rings. The van der Waals surface area contributed by atoms with Crippen LogP contribution in [0.1, 0.15) is 30.6 Å². The lowest BCUT2D eigenvalue weighted by atomic mass is 10.2. The van der Waals surface area contributed by atoms with E-state index in [1.807, 2.05) is 0 Å². The molecule has 1 aromatic rings. The van der Waals surface area contributed by atoms with Gasteiger partial charge in [0, 0.05) is 44.8 Å². The van der Waals surface area contributed by atoms with E-state index in [2.05, 4.69) is 0 Å². The van der Waals surface area contributed by atoms with Crippen LogP contribution in [-0.2, 0) is 14.8 Å². The highest BCUT2D eigenvalue weighted by atomic mass is 32.2. The molecule has 1 heterocycles. The van der Waals surface area contributed by atoms with Gasteiger partial charge < -0.3 is 14.5 Å². The standard InChI is InChI=1S/C18H27N3O5S/c1-14(2)19(3)27(24,25)16-8-5-7-15(13-16)17(22)20-9-6-10-21(12-11-20)18(23)26-4/h5,7-8,13-14H,6,9-12H2,1-4H3. The van der Waals surface area contributed by atoms with Crippen molar-refractivity contribution in [3.63, 3.8) is 0 Å². The van der Waals surface area contributed by atoms with Crippen LogP contribution in [0.2, 0.25) is 0 Å². The Morgan fingerprint density at radius 1 is 1.11 bits per heavy atom. The maximum Gasteiger partial charge on any atom is 0.409 e. The molecular formula is C18H27N3O5S. The average Bonchev–Trinajstić information content (AvgIpc) is 2.92. The van der Waals surface area contributed by atoms with Gasteiger partial charge in [-0.25, -0.2) is 13.2 Å². The Labute approximate surface area is 160 Å². The quantitative estimate of drug-likeness (QED) is 0.771. The van der Waals surface area contributed by atoms with Crippen LogP contribution in [0.25, 0.3) is 0 Å². The van der Waals surface area contributed by atoms with Gasteiger partial charge >= 0.3 is 6.09 Å². The van der Waals surface area contributed by atoms with Crippen molar-refractivity contribution in [1.82, 2.24) is 14.1 Å². The molecule has 0 N–H and O–H groups in total. The van der Waals surface area contributed by atoms with E-state index in [-0.39, 0.29) is 16.8 Å². The summed E-state index contributed by atoms with van der Waals surface area (Å²) >= 11 is 0. The zero-order valence-corrected chi connectivity index (χ0v) is 17.0. The zero-order valence-electron chi connectivity index (χ0n) is 16.2. The molecule has 9 heteroatoms. The lowest BCUT2D eigenvalue weighted by molar-refractivity contribution is 0.0757. The SMILES string of the molecule is COC(=O)N1CCCN(C(=O)c2cccc(S(=O)(=O)N(C)C(C)C)c2)CC1. The fourth-order valence-corrected chi connectivity index (χ4v) is 4.26. The first-order chi connectivity index (χ1) is 12.7. The highest BCUT2D eigenvalue weighted by Crippen LogP contribution is 2.19. The Kier molecular flexibility index (Phi) is 6.83. The monoisotopic (exact) mass is 397 g/mol. The molecule has 0 aromatic heterocycles. The molecule has 0 radical (unpaired) electrons. The molecular weight excluding hydrogens is 370 g/mol. The summed E-state index contributed by atoms with van der Waals surface area (Å²) in [7, 11) is -0.814. The van der Waals surface area contributed by atoms with Gasteiger partial charge in [-0.2, -0.15) is 4.31 Å². The van der Waals surface area contributed by atoms with Gasteiger partial charge in [0.15, 0.2) is 0 Å². The summed E-state index contributed by atoms with van der Waals surface area (Å²) in [5.41, 5.74) is 0.319. The molecule has 27 heavy (non-hydrogen) atoms. The van der Waals surface area contributed by atoms with Gasteiger partial charge in [0.1, 0.15) is 0 Å². The maximum atomic E-state index is 12.9. The molecule has 1 aromatic carbocycles. The Morgan fingerprint density at radius 2 is 1.74 bits per heavy atom. The number of carbonyl (C=O) groups excluding carboxylic acids is 2. The molecule has 0 unspecified atom stereocenters. The van der Waals surface area contributed by atoms with Crippen molar-refractivity contribution in [1.29, 1.82) is 0 Å². The van der Waals surface area contributed by atoms with Gasteiger partial charge in [0.05, 0.1) is 12.0 Å². The van der Waals surface area contributed by atoms with E-state index in [1.165, 1.54) is 30.6 Å². The van der Waals surface area contributed by atoms with Gasteiger partial charge in [-0.15, -0.1) is 0 Å². The number of methoxy groups -OCH3 is 1. The first-order valence-electron chi connectivity index (χ1n) is 8.88. The summed E-state index contributed by atoms with van der Waals surface area (Å²) in [6, 6.07) is 5.91. The molecule has 1 fully saturated rings. The molecule has 1 aliphatic heterocycles. The van der Waals surface area contributed by atoms with Crippen LogP contribution in [0.5, 0.6) is 0 Å². The third-order valence-corrected chi connectivity index (χ3v) is 6.73. The topological polar surface area (TPSA) is 87.2 Å². The maximum absolute atomic E-state index is 12.9. The number of rotatable bonds is 4. The Morgan fingerprint density at radius 3 is 2.37 bits per heavy atom. The Bertz CT molecular complexity index is 794. The number of amides is 2. The van der Waals surface area contributed by atoms with Crippen molar-refractivity contribution in [2.75, 3.05) is 40.3 Å². The second kappa shape index (κ2) is 8.71. The van der Waals surface area contributed by atoms with E-state index >= 15 is 0 Å². The highest BCUT2D eigenvalue weighted by Gasteiger charge is 2.26. The van der Waals surface area contributed by atoms with Gasteiger partial charge in [0.25, 0.3) is 5.91 Å². The van der Waals surface area contributed by atoms with E-state index in [1.54, 1.807) is 35.8 Å². The van der Waals surface area contributed by atoms with Gasteiger partial charge in [-0.05, 0) is 38.5 Å². The van der Waals surface area contributed by atoms with Crippen molar-refractivity contribution in [3.05, 3.63) is 29.8 Å². The molecule has 1 saturated heterocycles. The predicted molar refractivity (Wildman–Crippen MR) is 101 cm³/mol.